The lowest BCUT2D eigenvalue weighted by Gasteiger charge is -2.12. The van der Waals surface area contributed by atoms with Gasteiger partial charge in [0.25, 0.3) is 0 Å². The zero-order valence-electron chi connectivity index (χ0n) is 25.2. The molecule has 0 fully saturated rings. The molecule has 0 amide bonds. The summed E-state index contributed by atoms with van der Waals surface area (Å²) >= 11 is 0. The summed E-state index contributed by atoms with van der Waals surface area (Å²) < 4.78 is 6.52. The van der Waals surface area contributed by atoms with Gasteiger partial charge in [-0.1, -0.05) is 97.1 Å². The Morgan fingerprint density at radius 1 is 0.447 bits per heavy atom. The van der Waals surface area contributed by atoms with Crippen LogP contribution in [0, 0.1) is 0 Å². The van der Waals surface area contributed by atoms with E-state index in [-0.39, 0.29) is 0 Å². The third kappa shape index (κ3) is 3.98. The highest BCUT2D eigenvalue weighted by molar-refractivity contribution is 6.24. The molecule has 0 saturated carbocycles. The summed E-state index contributed by atoms with van der Waals surface area (Å²) in [5.74, 6) is 0. The molecule has 10 aromatic rings. The number of rotatable bonds is 3. The lowest BCUT2D eigenvalue weighted by molar-refractivity contribution is 0.673. The predicted octanol–water partition coefficient (Wildman–Crippen LogP) is 11.4. The summed E-state index contributed by atoms with van der Waals surface area (Å²) in [6.07, 6.45) is 3.66. The Bertz CT molecular complexity index is 2850. The lowest BCUT2D eigenvalue weighted by atomic mass is 9.94. The van der Waals surface area contributed by atoms with E-state index in [1.807, 2.05) is 42.7 Å². The topological polar surface area (TPSA) is 51.8 Å². The number of furan rings is 1. The largest absolute Gasteiger partial charge is 0.455 e. The molecule has 4 heteroatoms. The van der Waals surface area contributed by atoms with Gasteiger partial charge in [0.05, 0.1) is 22.2 Å². The number of aromatic nitrogens is 3. The number of fused-ring (bicyclic) bond motifs is 10. The fraction of sp³-hybridized carbons (Fsp3) is 0. The third-order valence-electron chi connectivity index (χ3n) is 9.33. The summed E-state index contributed by atoms with van der Waals surface area (Å²) in [7, 11) is 0. The first-order valence-corrected chi connectivity index (χ1v) is 15.8. The van der Waals surface area contributed by atoms with Crippen LogP contribution < -0.4 is 0 Å². The maximum atomic E-state index is 6.52. The van der Waals surface area contributed by atoms with E-state index in [4.69, 9.17) is 14.4 Å². The van der Waals surface area contributed by atoms with E-state index in [9.17, 15) is 0 Å². The molecule has 0 bridgehead atoms. The molecule has 0 unspecified atom stereocenters. The van der Waals surface area contributed by atoms with E-state index in [2.05, 4.69) is 114 Å². The average molecular weight is 600 g/mol. The molecule has 0 aliphatic rings. The van der Waals surface area contributed by atoms with Gasteiger partial charge in [0.15, 0.2) is 0 Å². The van der Waals surface area contributed by atoms with Crippen LogP contribution in [0.1, 0.15) is 0 Å². The summed E-state index contributed by atoms with van der Waals surface area (Å²) in [6, 6.07) is 48.9. The van der Waals surface area contributed by atoms with E-state index in [0.717, 1.165) is 98.9 Å². The second-order valence-electron chi connectivity index (χ2n) is 12.0. The quantitative estimate of drug-likeness (QED) is 0.190. The first kappa shape index (κ1) is 25.9. The smallest absolute Gasteiger partial charge is 0.144 e. The minimum atomic E-state index is 0.896. The molecule has 6 aromatic carbocycles. The van der Waals surface area contributed by atoms with Gasteiger partial charge >= 0.3 is 0 Å². The summed E-state index contributed by atoms with van der Waals surface area (Å²) in [5.41, 5.74) is 11.2. The summed E-state index contributed by atoms with van der Waals surface area (Å²) in [4.78, 5) is 14.5. The van der Waals surface area contributed by atoms with Crippen molar-refractivity contribution in [3.05, 3.63) is 152 Å². The molecular weight excluding hydrogens is 574 g/mol. The Kier molecular flexibility index (Phi) is 5.54. The molecule has 0 atom stereocenters. The fourth-order valence-electron chi connectivity index (χ4n) is 7.14. The first-order valence-electron chi connectivity index (χ1n) is 15.8. The highest BCUT2D eigenvalue weighted by Gasteiger charge is 2.17. The SMILES string of the molecule is c1cc(-c2ccc(-c3cc4cccnc4c4ncccc34)cc2)cc(-c2nc3ccccc3c3c2ccc2c4ccccc4oc23)c1. The predicted molar refractivity (Wildman–Crippen MR) is 193 cm³/mol. The van der Waals surface area contributed by atoms with Gasteiger partial charge in [-0.25, -0.2) is 4.98 Å². The van der Waals surface area contributed by atoms with Gasteiger partial charge in [0, 0.05) is 55.7 Å². The number of hydrogen-bond acceptors (Lipinski definition) is 4. The molecule has 0 N–H and O–H groups in total. The second-order valence-corrected chi connectivity index (χ2v) is 12.0. The van der Waals surface area contributed by atoms with Gasteiger partial charge in [-0.3, -0.25) is 9.97 Å². The molecule has 0 saturated heterocycles. The van der Waals surface area contributed by atoms with Crippen molar-refractivity contribution in [1.29, 1.82) is 0 Å². The van der Waals surface area contributed by atoms with Crippen molar-refractivity contribution in [3.63, 3.8) is 0 Å². The molecular formula is C43H25N3O. The number of benzene rings is 6. The highest BCUT2D eigenvalue weighted by Crippen LogP contribution is 2.41. The Morgan fingerprint density at radius 3 is 2.09 bits per heavy atom. The number of para-hydroxylation sites is 2. The normalized spacial score (nSPS) is 11.8. The molecule has 0 spiro atoms. The van der Waals surface area contributed by atoms with Crippen LogP contribution in [-0.2, 0) is 0 Å². The molecule has 47 heavy (non-hydrogen) atoms. The number of pyridine rings is 3. The maximum Gasteiger partial charge on any atom is 0.144 e. The van der Waals surface area contributed by atoms with E-state index < -0.39 is 0 Å². The maximum absolute atomic E-state index is 6.52. The van der Waals surface area contributed by atoms with E-state index in [0.29, 0.717) is 0 Å². The second kappa shape index (κ2) is 10.1. The molecule has 0 aliphatic carbocycles. The van der Waals surface area contributed by atoms with Gasteiger partial charge in [-0.2, -0.15) is 0 Å². The molecule has 0 radical (unpaired) electrons. The highest BCUT2D eigenvalue weighted by atomic mass is 16.3. The standard InChI is InChI=1S/C43H25N3O/c1-3-14-37-34(12-1)39-35(21-20-33-31-11-2-4-15-38(31)47-43(33)39)40(46-37)29-9-5-8-28(24-29)26-16-18-27(19-17-26)36-25-30-10-6-22-44-41(30)42-32(36)13-7-23-45-42/h1-25H. The lowest BCUT2D eigenvalue weighted by Crippen LogP contribution is -1.91. The zero-order chi connectivity index (χ0) is 30.9. The zero-order valence-corrected chi connectivity index (χ0v) is 25.2. The van der Waals surface area contributed by atoms with Gasteiger partial charge in [-0.15, -0.1) is 0 Å². The van der Waals surface area contributed by atoms with Crippen LogP contribution in [0.4, 0.5) is 0 Å². The minimum Gasteiger partial charge on any atom is -0.455 e. The van der Waals surface area contributed by atoms with Crippen molar-refractivity contribution in [2.45, 2.75) is 0 Å². The van der Waals surface area contributed by atoms with E-state index in [1.54, 1.807) is 0 Å². The minimum absolute atomic E-state index is 0.896. The van der Waals surface area contributed by atoms with Crippen LogP contribution in [0.2, 0.25) is 0 Å². The molecule has 218 valence electrons. The Labute approximate surface area is 269 Å². The van der Waals surface area contributed by atoms with Crippen molar-refractivity contribution < 1.29 is 4.42 Å². The van der Waals surface area contributed by atoms with Crippen LogP contribution in [0.5, 0.6) is 0 Å². The first-order chi connectivity index (χ1) is 23.3. The molecule has 4 aromatic heterocycles. The van der Waals surface area contributed by atoms with Gasteiger partial charge in [0.2, 0.25) is 0 Å². The van der Waals surface area contributed by atoms with Crippen LogP contribution in [0.25, 0.3) is 98.9 Å². The van der Waals surface area contributed by atoms with Gasteiger partial charge in [-0.05, 0) is 64.7 Å². The van der Waals surface area contributed by atoms with E-state index in [1.165, 1.54) is 0 Å². The van der Waals surface area contributed by atoms with Crippen molar-refractivity contribution >= 4 is 65.4 Å². The number of nitrogens with zero attached hydrogens (tertiary/aromatic N) is 3. The fourth-order valence-corrected chi connectivity index (χ4v) is 7.14. The Balaban J connectivity index is 1.12. The van der Waals surface area contributed by atoms with Crippen molar-refractivity contribution in [3.8, 4) is 33.5 Å². The molecule has 4 heterocycles. The van der Waals surface area contributed by atoms with Crippen LogP contribution in [-0.4, -0.2) is 15.0 Å². The monoisotopic (exact) mass is 599 g/mol. The summed E-state index contributed by atoms with van der Waals surface area (Å²) in [5, 5.41) is 7.70. The van der Waals surface area contributed by atoms with E-state index >= 15 is 0 Å². The Morgan fingerprint density at radius 2 is 1.17 bits per heavy atom. The third-order valence-corrected chi connectivity index (χ3v) is 9.33. The van der Waals surface area contributed by atoms with Gasteiger partial charge in [0.1, 0.15) is 11.2 Å². The van der Waals surface area contributed by atoms with Crippen molar-refractivity contribution in [1.82, 2.24) is 15.0 Å². The number of hydrogen-bond donors (Lipinski definition) is 0. The van der Waals surface area contributed by atoms with Crippen LogP contribution in [0.3, 0.4) is 0 Å². The van der Waals surface area contributed by atoms with Crippen LogP contribution in [0.15, 0.2) is 156 Å². The average Bonchev–Trinajstić information content (AvgIpc) is 3.53. The Hall–Kier alpha value is -6.39. The molecule has 0 aliphatic heterocycles. The van der Waals surface area contributed by atoms with Crippen LogP contribution >= 0.6 is 0 Å². The summed E-state index contributed by atoms with van der Waals surface area (Å²) in [6.45, 7) is 0. The van der Waals surface area contributed by atoms with Crippen molar-refractivity contribution in [2.75, 3.05) is 0 Å². The molecule has 4 nitrogen and oxygen atoms in total. The van der Waals surface area contributed by atoms with Gasteiger partial charge < -0.3 is 4.42 Å². The van der Waals surface area contributed by atoms with Crippen molar-refractivity contribution in [2.24, 2.45) is 0 Å². The molecule has 10 rings (SSSR count).